The Labute approximate surface area is 127 Å². The number of pyridine rings is 1. The average molecular weight is 310 g/mol. The first-order chi connectivity index (χ1) is 10.4. The summed E-state index contributed by atoms with van der Waals surface area (Å²) >= 11 is 0. The Hall–Kier alpha value is -2.08. The monoisotopic (exact) mass is 310 g/mol. The fraction of sp³-hybridized carbons (Fsp3) is 0.312. The molecule has 0 saturated heterocycles. The number of halogens is 3. The van der Waals surface area contributed by atoms with Crippen molar-refractivity contribution < 1.29 is 17.9 Å². The molecule has 0 aliphatic rings. The van der Waals surface area contributed by atoms with Gasteiger partial charge in [0, 0.05) is 18.5 Å². The summed E-state index contributed by atoms with van der Waals surface area (Å²) in [6.45, 7) is 4.53. The van der Waals surface area contributed by atoms with Crippen molar-refractivity contribution in [2.24, 2.45) is 0 Å². The van der Waals surface area contributed by atoms with Crippen LogP contribution < -0.4 is 5.32 Å². The SMILES string of the molecule is CCO[C@H](C)c1ccc(Nc2ccc(C(F)(F)F)cn2)cc1. The van der Waals surface area contributed by atoms with Crippen LogP contribution >= 0.6 is 0 Å². The van der Waals surface area contributed by atoms with Crippen molar-refractivity contribution in [1.82, 2.24) is 4.98 Å². The highest BCUT2D eigenvalue weighted by atomic mass is 19.4. The van der Waals surface area contributed by atoms with Crippen LogP contribution in [0.4, 0.5) is 24.7 Å². The first kappa shape index (κ1) is 16.3. The van der Waals surface area contributed by atoms with Crippen LogP contribution in [0.1, 0.15) is 31.1 Å². The second-order valence-corrected chi connectivity index (χ2v) is 4.77. The Morgan fingerprint density at radius 2 is 1.82 bits per heavy atom. The second-order valence-electron chi connectivity index (χ2n) is 4.77. The first-order valence-electron chi connectivity index (χ1n) is 6.92. The standard InChI is InChI=1S/C16H17F3N2O/c1-3-22-11(2)12-4-7-14(8-5-12)21-15-9-6-13(10-20-15)16(17,18)19/h4-11H,3H2,1-2H3,(H,20,21)/t11-/m1/s1. The minimum absolute atomic E-state index is 0.00300. The van der Waals surface area contributed by atoms with Crippen molar-refractivity contribution in [2.75, 3.05) is 11.9 Å². The summed E-state index contributed by atoms with van der Waals surface area (Å²) in [6, 6.07) is 9.80. The third-order valence-electron chi connectivity index (χ3n) is 3.16. The van der Waals surface area contributed by atoms with Gasteiger partial charge in [0.25, 0.3) is 0 Å². The van der Waals surface area contributed by atoms with Crippen molar-refractivity contribution in [3.8, 4) is 0 Å². The molecule has 2 aromatic rings. The maximum atomic E-state index is 12.5. The van der Waals surface area contributed by atoms with Crippen LogP contribution in [-0.2, 0) is 10.9 Å². The van der Waals surface area contributed by atoms with Gasteiger partial charge in [-0.2, -0.15) is 13.2 Å². The van der Waals surface area contributed by atoms with Crippen molar-refractivity contribution in [1.29, 1.82) is 0 Å². The van der Waals surface area contributed by atoms with E-state index in [4.69, 9.17) is 4.74 Å². The predicted octanol–water partition coefficient (Wildman–Crippen LogP) is 4.94. The number of hydrogen-bond acceptors (Lipinski definition) is 3. The fourth-order valence-corrected chi connectivity index (χ4v) is 1.97. The Balaban J connectivity index is 2.05. The zero-order valence-electron chi connectivity index (χ0n) is 12.3. The zero-order chi connectivity index (χ0) is 16.2. The lowest BCUT2D eigenvalue weighted by Gasteiger charge is -2.13. The molecule has 0 aliphatic carbocycles. The maximum Gasteiger partial charge on any atom is 0.417 e. The van der Waals surface area contributed by atoms with E-state index >= 15 is 0 Å². The quantitative estimate of drug-likeness (QED) is 0.849. The lowest BCUT2D eigenvalue weighted by Crippen LogP contribution is -2.05. The van der Waals surface area contributed by atoms with E-state index < -0.39 is 11.7 Å². The van der Waals surface area contributed by atoms with Gasteiger partial charge < -0.3 is 10.1 Å². The smallest absolute Gasteiger partial charge is 0.374 e. The largest absolute Gasteiger partial charge is 0.417 e. The minimum atomic E-state index is -4.37. The number of alkyl halides is 3. The van der Waals surface area contributed by atoms with E-state index in [1.807, 2.05) is 38.1 Å². The average Bonchev–Trinajstić information content (AvgIpc) is 2.48. The lowest BCUT2D eigenvalue weighted by molar-refractivity contribution is -0.137. The molecule has 6 heteroatoms. The molecule has 0 fully saturated rings. The summed E-state index contributed by atoms with van der Waals surface area (Å²) in [4.78, 5) is 3.77. The summed E-state index contributed by atoms with van der Waals surface area (Å²) in [5.74, 6) is 0.360. The molecule has 0 radical (unpaired) electrons. The maximum absolute atomic E-state index is 12.5. The van der Waals surface area contributed by atoms with Crippen LogP contribution in [0, 0.1) is 0 Å². The van der Waals surface area contributed by atoms with Crippen molar-refractivity contribution in [3.05, 3.63) is 53.7 Å². The molecular weight excluding hydrogens is 293 g/mol. The van der Waals surface area contributed by atoms with Crippen molar-refractivity contribution >= 4 is 11.5 Å². The van der Waals surface area contributed by atoms with Crippen LogP contribution in [0.3, 0.4) is 0 Å². The number of rotatable bonds is 5. The molecule has 1 atom stereocenters. The van der Waals surface area contributed by atoms with Gasteiger partial charge in [0.05, 0.1) is 11.7 Å². The van der Waals surface area contributed by atoms with E-state index in [9.17, 15) is 13.2 Å². The second kappa shape index (κ2) is 6.79. The molecule has 1 aromatic carbocycles. The Morgan fingerprint density at radius 3 is 2.32 bits per heavy atom. The molecule has 118 valence electrons. The van der Waals surface area contributed by atoms with Gasteiger partial charge in [0.2, 0.25) is 0 Å². The Morgan fingerprint density at radius 1 is 1.14 bits per heavy atom. The lowest BCUT2D eigenvalue weighted by atomic mass is 10.1. The van der Waals surface area contributed by atoms with E-state index in [0.717, 1.165) is 23.5 Å². The molecule has 2 rings (SSSR count). The summed E-state index contributed by atoms with van der Waals surface area (Å²) < 4.78 is 42.9. The highest BCUT2D eigenvalue weighted by Crippen LogP contribution is 2.29. The number of nitrogens with one attached hydrogen (secondary N) is 1. The summed E-state index contributed by atoms with van der Waals surface area (Å²) in [5.41, 5.74) is 1.02. The van der Waals surface area contributed by atoms with E-state index in [0.29, 0.717) is 12.4 Å². The number of anilines is 2. The zero-order valence-corrected chi connectivity index (χ0v) is 12.3. The van der Waals surface area contributed by atoms with Gasteiger partial charge in [-0.05, 0) is 43.7 Å². The van der Waals surface area contributed by atoms with Gasteiger partial charge in [-0.1, -0.05) is 12.1 Å². The van der Waals surface area contributed by atoms with Gasteiger partial charge in [-0.15, -0.1) is 0 Å². The third-order valence-corrected chi connectivity index (χ3v) is 3.16. The van der Waals surface area contributed by atoms with Crippen LogP contribution in [0.25, 0.3) is 0 Å². The van der Waals surface area contributed by atoms with Crippen molar-refractivity contribution in [3.63, 3.8) is 0 Å². The van der Waals surface area contributed by atoms with Gasteiger partial charge in [-0.3, -0.25) is 0 Å². The van der Waals surface area contributed by atoms with Crippen LogP contribution in [-0.4, -0.2) is 11.6 Å². The van der Waals surface area contributed by atoms with Gasteiger partial charge in [0.15, 0.2) is 0 Å². The molecule has 22 heavy (non-hydrogen) atoms. The first-order valence-corrected chi connectivity index (χ1v) is 6.92. The molecular formula is C16H17F3N2O. The normalized spacial score (nSPS) is 13.0. The molecule has 1 N–H and O–H groups in total. The number of hydrogen-bond donors (Lipinski definition) is 1. The van der Waals surface area contributed by atoms with Crippen LogP contribution in [0.15, 0.2) is 42.6 Å². The Bertz CT molecular complexity index is 594. The molecule has 0 saturated carbocycles. The highest BCUT2D eigenvalue weighted by molar-refractivity contribution is 5.56. The van der Waals surface area contributed by atoms with Crippen LogP contribution in [0.2, 0.25) is 0 Å². The predicted molar refractivity (Wildman–Crippen MR) is 79.0 cm³/mol. The minimum Gasteiger partial charge on any atom is -0.374 e. The summed E-state index contributed by atoms with van der Waals surface area (Å²) in [6.07, 6.45) is -3.56. The third kappa shape index (κ3) is 4.21. The fourth-order valence-electron chi connectivity index (χ4n) is 1.97. The van der Waals surface area contributed by atoms with Gasteiger partial charge in [-0.25, -0.2) is 4.98 Å². The molecule has 0 bridgehead atoms. The molecule has 0 unspecified atom stereocenters. The molecule has 1 heterocycles. The van der Waals surface area contributed by atoms with E-state index in [1.165, 1.54) is 6.07 Å². The van der Waals surface area contributed by atoms with Crippen LogP contribution in [0.5, 0.6) is 0 Å². The summed E-state index contributed by atoms with van der Waals surface area (Å²) in [5, 5.41) is 2.96. The topological polar surface area (TPSA) is 34.1 Å². The molecule has 0 amide bonds. The molecule has 0 spiro atoms. The van der Waals surface area contributed by atoms with Gasteiger partial charge in [0.1, 0.15) is 5.82 Å². The number of ether oxygens (including phenoxy) is 1. The number of benzene rings is 1. The molecule has 1 aromatic heterocycles. The van der Waals surface area contributed by atoms with E-state index in [2.05, 4.69) is 10.3 Å². The van der Waals surface area contributed by atoms with E-state index in [1.54, 1.807) is 0 Å². The molecule has 3 nitrogen and oxygen atoms in total. The van der Waals surface area contributed by atoms with Gasteiger partial charge >= 0.3 is 6.18 Å². The van der Waals surface area contributed by atoms with Crippen molar-refractivity contribution in [2.45, 2.75) is 26.1 Å². The molecule has 0 aliphatic heterocycles. The highest BCUT2D eigenvalue weighted by Gasteiger charge is 2.30. The summed E-state index contributed by atoms with van der Waals surface area (Å²) in [7, 11) is 0. The number of nitrogens with zero attached hydrogens (tertiary/aromatic N) is 1. The number of aromatic nitrogens is 1. The Kier molecular flexibility index (Phi) is 5.03. The van der Waals surface area contributed by atoms with E-state index in [-0.39, 0.29) is 6.10 Å².